The minimum atomic E-state index is -1.20. The lowest BCUT2D eigenvalue weighted by molar-refractivity contribution is 0.0948. The predicted molar refractivity (Wildman–Crippen MR) is 117 cm³/mol. The third kappa shape index (κ3) is 5.64. The maximum absolute atomic E-state index is 12.6. The van der Waals surface area contributed by atoms with Gasteiger partial charge in [0.05, 0.1) is 22.2 Å². The van der Waals surface area contributed by atoms with Crippen LogP contribution in [0.4, 0.5) is 0 Å². The Balaban J connectivity index is 1.66. The van der Waals surface area contributed by atoms with E-state index in [-0.39, 0.29) is 5.91 Å². The van der Waals surface area contributed by atoms with Crippen LogP contribution in [-0.4, -0.2) is 35.4 Å². The fourth-order valence-electron chi connectivity index (χ4n) is 2.87. The van der Waals surface area contributed by atoms with E-state index in [0.29, 0.717) is 41.8 Å². The van der Waals surface area contributed by atoms with Gasteiger partial charge in [0.1, 0.15) is 5.76 Å². The molecule has 0 aliphatic rings. The predicted octanol–water partition coefficient (Wildman–Crippen LogP) is 4.03. The average Bonchev–Trinajstić information content (AvgIpc) is 3.12. The number of methoxy groups -OCH3 is 1. The molecular formula is C23H26N2O4S. The van der Waals surface area contributed by atoms with Crippen LogP contribution in [0.5, 0.6) is 0 Å². The van der Waals surface area contributed by atoms with E-state index < -0.39 is 10.8 Å². The normalized spacial score (nSPS) is 12.0. The van der Waals surface area contributed by atoms with E-state index >= 15 is 0 Å². The van der Waals surface area contributed by atoms with Crippen LogP contribution in [0, 0.1) is 13.8 Å². The second kappa shape index (κ2) is 10.3. The van der Waals surface area contributed by atoms with Gasteiger partial charge in [-0.2, -0.15) is 0 Å². The number of oxazole rings is 1. The number of carbonyl (C=O) groups is 1. The lowest BCUT2D eigenvalue weighted by Gasteiger charge is -2.05. The maximum Gasteiger partial charge on any atom is 0.251 e. The Morgan fingerprint density at radius 2 is 1.80 bits per heavy atom. The zero-order valence-electron chi connectivity index (χ0n) is 17.4. The standard InChI is InChI=1S/C23H26N2O4S/c1-16-5-11-20(12-6-16)30(27)15-21-17(2)29-23(25-21)19-9-7-18(8-10-19)22(26)24-13-4-14-28-3/h5-12H,4,13-15H2,1-3H3,(H,24,26)/t30-/m0/s1. The Morgan fingerprint density at radius 1 is 1.10 bits per heavy atom. The van der Waals surface area contributed by atoms with E-state index in [1.807, 2.05) is 38.1 Å². The third-order valence-electron chi connectivity index (χ3n) is 4.65. The summed E-state index contributed by atoms with van der Waals surface area (Å²) < 4.78 is 23.4. The molecule has 3 aromatic rings. The van der Waals surface area contributed by atoms with E-state index in [1.165, 1.54) is 0 Å². The number of carbonyl (C=O) groups excluding carboxylic acids is 1. The Kier molecular flexibility index (Phi) is 7.54. The second-order valence-corrected chi connectivity index (χ2v) is 8.46. The van der Waals surface area contributed by atoms with Gasteiger partial charge in [-0.3, -0.25) is 9.00 Å². The molecular weight excluding hydrogens is 400 g/mol. The summed E-state index contributed by atoms with van der Waals surface area (Å²) in [5.74, 6) is 1.26. The van der Waals surface area contributed by atoms with Crippen molar-refractivity contribution in [1.29, 1.82) is 0 Å². The lowest BCUT2D eigenvalue weighted by atomic mass is 10.1. The highest BCUT2D eigenvalue weighted by Gasteiger charge is 2.15. The van der Waals surface area contributed by atoms with E-state index in [9.17, 15) is 9.00 Å². The highest BCUT2D eigenvalue weighted by molar-refractivity contribution is 7.84. The Labute approximate surface area is 179 Å². The fourth-order valence-corrected chi connectivity index (χ4v) is 3.99. The van der Waals surface area contributed by atoms with Crippen molar-refractivity contribution >= 4 is 16.7 Å². The highest BCUT2D eigenvalue weighted by Crippen LogP contribution is 2.24. The number of hydrogen-bond donors (Lipinski definition) is 1. The van der Waals surface area contributed by atoms with Crippen LogP contribution in [0.2, 0.25) is 0 Å². The molecule has 0 aliphatic heterocycles. The summed E-state index contributed by atoms with van der Waals surface area (Å²) in [5.41, 5.74) is 3.13. The molecule has 1 aromatic heterocycles. The smallest absolute Gasteiger partial charge is 0.251 e. The van der Waals surface area contributed by atoms with Crippen LogP contribution in [0.15, 0.2) is 57.8 Å². The van der Waals surface area contributed by atoms with Gasteiger partial charge >= 0.3 is 0 Å². The molecule has 1 atom stereocenters. The molecule has 6 nitrogen and oxygen atoms in total. The molecule has 0 radical (unpaired) electrons. The molecule has 0 aliphatic carbocycles. The maximum atomic E-state index is 12.6. The summed E-state index contributed by atoms with van der Waals surface area (Å²) in [5, 5.41) is 2.85. The summed E-state index contributed by atoms with van der Waals surface area (Å²) in [7, 11) is 0.440. The summed E-state index contributed by atoms with van der Waals surface area (Å²) in [4.78, 5) is 17.5. The van der Waals surface area contributed by atoms with Gasteiger partial charge < -0.3 is 14.5 Å². The zero-order chi connectivity index (χ0) is 21.5. The largest absolute Gasteiger partial charge is 0.441 e. The van der Waals surface area contributed by atoms with Gasteiger partial charge in [0.15, 0.2) is 0 Å². The van der Waals surface area contributed by atoms with Crippen molar-refractivity contribution in [2.24, 2.45) is 0 Å². The Hall–Kier alpha value is -2.77. The minimum absolute atomic E-state index is 0.129. The van der Waals surface area contributed by atoms with Crippen LogP contribution in [0.25, 0.3) is 11.5 Å². The van der Waals surface area contributed by atoms with Gasteiger partial charge in [-0.25, -0.2) is 4.98 Å². The number of nitrogens with one attached hydrogen (secondary N) is 1. The SMILES string of the molecule is COCCCNC(=O)c1ccc(-c2nc(C[S@](=O)c3ccc(C)cc3)c(C)o2)cc1. The molecule has 7 heteroatoms. The molecule has 1 heterocycles. The van der Waals surface area contributed by atoms with Crippen LogP contribution in [0.3, 0.4) is 0 Å². The highest BCUT2D eigenvalue weighted by atomic mass is 32.2. The average molecular weight is 427 g/mol. The van der Waals surface area contributed by atoms with Gasteiger partial charge in [0.2, 0.25) is 5.89 Å². The summed E-state index contributed by atoms with van der Waals surface area (Å²) >= 11 is 0. The molecule has 3 rings (SSSR count). The summed E-state index contributed by atoms with van der Waals surface area (Å²) in [6.45, 7) is 4.99. The van der Waals surface area contributed by atoms with Crippen LogP contribution < -0.4 is 5.32 Å². The van der Waals surface area contributed by atoms with Crippen LogP contribution in [-0.2, 0) is 21.3 Å². The molecule has 0 bridgehead atoms. The molecule has 1 amide bonds. The van der Waals surface area contributed by atoms with Crippen LogP contribution >= 0.6 is 0 Å². The van der Waals surface area contributed by atoms with Gasteiger partial charge in [0, 0.05) is 36.3 Å². The zero-order valence-corrected chi connectivity index (χ0v) is 18.3. The van der Waals surface area contributed by atoms with E-state index in [2.05, 4.69) is 10.3 Å². The number of amides is 1. The molecule has 0 spiro atoms. The number of aromatic nitrogens is 1. The van der Waals surface area contributed by atoms with E-state index in [4.69, 9.17) is 9.15 Å². The molecule has 0 saturated heterocycles. The number of aryl methyl sites for hydroxylation is 2. The van der Waals surface area contributed by atoms with Crippen molar-refractivity contribution in [2.45, 2.75) is 30.9 Å². The van der Waals surface area contributed by atoms with Crippen molar-refractivity contribution in [1.82, 2.24) is 10.3 Å². The molecule has 1 N–H and O–H groups in total. The van der Waals surface area contributed by atoms with Gasteiger partial charge in [-0.15, -0.1) is 0 Å². The minimum Gasteiger partial charge on any atom is -0.441 e. The first-order chi connectivity index (χ1) is 14.5. The monoisotopic (exact) mass is 426 g/mol. The first-order valence-electron chi connectivity index (χ1n) is 9.77. The fraction of sp³-hybridized carbons (Fsp3) is 0.304. The van der Waals surface area contributed by atoms with Crippen molar-refractivity contribution in [3.63, 3.8) is 0 Å². The molecule has 30 heavy (non-hydrogen) atoms. The number of hydrogen-bond acceptors (Lipinski definition) is 5. The van der Waals surface area contributed by atoms with Crippen molar-refractivity contribution < 1.29 is 18.2 Å². The molecule has 158 valence electrons. The molecule has 0 saturated carbocycles. The number of rotatable bonds is 9. The number of ether oxygens (including phenoxy) is 1. The first kappa shape index (κ1) is 21.9. The van der Waals surface area contributed by atoms with Crippen LogP contribution in [0.1, 0.15) is 33.8 Å². The first-order valence-corrected chi connectivity index (χ1v) is 11.1. The topological polar surface area (TPSA) is 81.4 Å². The third-order valence-corrected chi connectivity index (χ3v) is 5.98. The number of benzene rings is 2. The van der Waals surface area contributed by atoms with Gasteiger partial charge in [0.25, 0.3) is 5.91 Å². The van der Waals surface area contributed by atoms with Crippen molar-refractivity contribution in [3.05, 3.63) is 71.1 Å². The van der Waals surface area contributed by atoms with Crippen molar-refractivity contribution in [3.8, 4) is 11.5 Å². The van der Waals surface area contributed by atoms with Gasteiger partial charge in [-0.1, -0.05) is 17.7 Å². The quantitative estimate of drug-likeness (QED) is 0.523. The molecule has 2 aromatic carbocycles. The second-order valence-electron chi connectivity index (χ2n) is 7.00. The molecule has 0 fully saturated rings. The Bertz CT molecular complexity index is 1010. The Morgan fingerprint density at radius 3 is 2.47 bits per heavy atom. The van der Waals surface area contributed by atoms with E-state index in [1.54, 1.807) is 31.4 Å². The summed E-state index contributed by atoms with van der Waals surface area (Å²) in [6, 6.07) is 14.7. The summed E-state index contributed by atoms with van der Waals surface area (Å²) in [6.07, 6.45) is 0.767. The van der Waals surface area contributed by atoms with Crippen molar-refractivity contribution in [2.75, 3.05) is 20.3 Å². The van der Waals surface area contributed by atoms with Gasteiger partial charge in [-0.05, 0) is 56.7 Å². The molecule has 0 unspecified atom stereocenters. The van der Waals surface area contributed by atoms with E-state index in [0.717, 1.165) is 22.4 Å². The lowest BCUT2D eigenvalue weighted by Crippen LogP contribution is -2.25. The number of nitrogens with zero attached hydrogens (tertiary/aromatic N) is 1.